The first kappa shape index (κ1) is 30.6. The average Bonchev–Trinajstić information content (AvgIpc) is 3.18. The van der Waals surface area contributed by atoms with Crippen molar-refractivity contribution in [2.24, 2.45) is 7.05 Å². The quantitative estimate of drug-likeness (QED) is 0.203. The second-order valence-corrected chi connectivity index (χ2v) is 12.3. The fourth-order valence-electron chi connectivity index (χ4n) is 5.92. The van der Waals surface area contributed by atoms with Crippen molar-refractivity contribution in [2.45, 2.75) is 89.3 Å². The van der Waals surface area contributed by atoms with Crippen LogP contribution in [0.3, 0.4) is 0 Å². The smallest absolute Gasteiger partial charge is 0.333 e. The predicted octanol–water partition coefficient (Wildman–Crippen LogP) is 6.05. The topological polar surface area (TPSA) is 105 Å². The van der Waals surface area contributed by atoms with Gasteiger partial charge in [-0.1, -0.05) is 64.3 Å². The maximum Gasteiger partial charge on any atom is 0.333 e. The van der Waals surface area contributed by atoms with E-state index in [4.69, 9.17) is 0 Å². The van der Waals surface area contributed by atoms with Crippen molar-refractivity contribution in [1.82, 2.24) is 15.1 Å². The monoisotopic (exact) mass is 569 g/mol. The zero-order valence-electron chi connectivity index (χ0n) is 24.5. The van der Waals surface area contributed by atoms with Crippen molar-refractivity contribution in [3.05, 3.63) is 86.6 Å². The lowest BCUT2D eigenvalue weighted by molar-refractivity contribution is -0.384. The van der Waals surface area contributed by atoms with Crippen LogP contribution in [0, 0.1) is 28.7 Å². The SMILES string of the molecule is Cc1nn(C)c(NC(Cc2cc(F)cc(F)c2)C(O)CNC2(c3cccc(C(C)(C)C)c3)CCCCC2)c1[N+](=O)[O-]. The molecule has 0 saturated heterocycles. The van der Waals surface area contributed by atoms with Gasteiger partial charge in [-0.05, 0) is 60.4 Å². The van der Waals surface area contributed by atoms with Crippen LogP contribution in [0.4, 0.5) is 20.3 Å². The Balaban J connectivity index is 1.64. The number of halogens is 2. The Hall–Kier alpha value is -3.37. The molecule has 0 amide bonds. The third-order valence-electron chi connectivity index (χ3n) is 8.18. The molecule has 0 bridgehead atoms. The Bertz CT molecular complexity index is 1360. The molecule has 2 unspecified atom stereocenters. The lowest BCUT2D eigenvalue weighted by Gasteiger charge is -2.41. The minimum atomic E-state index is -1.05. The summed E-state index contributed by atoms with van der Waals surface area (Å²) in [4.78, 5) is 11.3. The largest absolute Gasteiger partial charge is 0.390 e. The molecule has 1 heterocycles. The molecular weight excluding hydrogens is 528 g/mol. The molecule has 0 radical (unpaired) electrons. The van der Waals surface area contributed by atoms with Gasteiger partial charge in [0.1, 0.15) is 17.3 Å². The summed E-state index contributed by atoms with van der Waals surface area (Å²) in [7, 11) is 1.57. The fraction of sp³-hybridized carbons (Fsp3) is 0.516. The molecule has 10 heteroatoms. The Morgan fingerprint density at radius 1 is 1.12 bits per heavy atom. The lowest BCUT2D eigenvalue weighted by Crippen LogP contribution is -2.51. The molecule has 0 aliphatic heterocycles. The van der Waals surface area contributed by atoms with Gasteiger partial charge in [0.15, 0.2) is 0 Å². The highest BCUT2D eigenvalue weighted by Crippen LogP contribution is 2.39. The molecule has 222 valence electrons. The molecule has 0 spiro atoms. The van der Waals surface area contributed by atoms with Gasteiger partial charge in [-0.15, -0.1) is 0 Å². The molecule has 1 aromatic heterocycles. The lowest BCUT2D eigenvalue weighted by atomic mass is 9.74. The molecule has 41 heavy (non-hydrogen) atoms. The van der Waals surface area contributed by atoms with Crippen molar-refractivity contribution in [1.29, 1.82) is 0 Å². The van der Waals surface area contributed by atoms with Crippen molar-refractivity contribution in [2.75, 3.05) is 11.9 Å². The number of benzene rings is 2. The van der Waals surface area contributed by atoms with E-state index in [2.05, 4.69) is 60.8 Å². The fourth-order valence-corrected chi connectivity index (χ4v) is 5.92. The van der Waals surface area contributed by atoms with Gasteiger partial charge in [-0.3, -0.25) is 10.1 Å². The Labute approximate surface area is 240 Å². The molecule has 4 rings (SSSR count). The third-order valence-corrected chi connectivity index (χ3v) is 8.18. The van der Waals surface area contributed by atoms with E-state index in [0.29, 0.717) is 5.56 Å². The van der Waals surface area contributed by atoms with E-state index in [9.17, 15) is 24.0 Å². The van der Waals surface area contributed by atoms with Crippen LogP contribution in [0.1, 0.15) is 75.3 Å². The van der Waals surface area contributed by atoms with Crippen LogP contribution in [-0.2, 0) is 24.4 Å². The van der Waals surface area contributed by atoms with Gasteiger partial charge in [0.05, 0.1) is 17.1 Å². The minimum Gasteiger partial charge on any atom is -0.390 e. The first-order valence-electron chi connectivity index (χ1n) is 14.2. The highest BCUT2D eigenvalue weighted by molar-refractivity contribution is 5.60. The van der Waals surface area contributed by atoms with Gasteiger partial charge in [0, 0.05) is 25.2 Å². The first-order valence-corrected chi connectivity index (χ1v) is 14.2. The highest BCUT2D eigenvalue weighted by Gasteiger charge is 2.36. The first-order chi connectivity index (χ1) is 19.3. The summed E-state index contributed by atoms with van der Waals surface area (Å²) in [6.45, 7) is 8.25. The zero-order valence-corrected chi connectivity index (χ0v) is 24.5. The van der Waals surface area contributed by atoms with Crippen LogP contribution in [-0.4, -0.2) is 38.5 Å². The molecular formula is C31H41F2N5O3. The Morgan fingerprint density at radius 3 is 2.39 bits per heavy atom. The molecule has 8 nitrogen and oxygen atoms in total. The third kappa shape index (κ3) is 7.11. The predicted molar refractivity (Wildman–Crippen MR) is 156 cm³/mol. The molecule has 3 aromatic rings. The summed E-state index contributed by atoms with van der Waals surface area (Å²) < 4.78 is 29.5. The van der Waals surface area contributed by atoms with Crippen LogP contribution >= 0.6 is 0 Å². The maximum atomic E-state index is 14.1. The van der Waals surface area contributed by atoms with E-state index in [-0.39, 0.29) is 41.1 Å². The number of anilines is 1. The average molecular weight is 570 g/mol. The summed E-state index contributed by atoms with van der Waals surface area (Å²) >= 11 is 0. The van der Waals surface area contributed by atoms with E-state index in [1.54, 1.807) is 7.05 Å². The number of aromatic nitrogens is 2. The molecule has 1 fully saturated rings. The van der Waals surface area contributed by atoms with Crippen LogP contribution in [0.2, 0.25) is 0 Å². The normalized spacial score (nSPS) is 16.8. The van der Waals surface area contributed by atoms with Crippen molar-refractivity contribution in [3.8, 4) is 0 Å². The van der Waals surface area contributed by atoms with Gasteiger partial charge >= 0.3 is 5.69 Å². The summed E-state index contributed by atoms with van der Waals surface area (Å²) in [5.74, 6) is -1.33. The number of aryl methyl sites for hydroxylation is 2. The van der Waals surface area contributed by atoms with E-state index in [0.717, 1.165) is 38.2 Å². The number of nitrogens with zero attached hydrogens (tertiary/aromatic N) is 3. The van der Waals surface area contributed by atoms with E-state index >= 15 is 0 Å². The standard InChI is InChI=1S/C31H41F2N5O3/c1-20-28(38(40)41)29(37(5)36-20)35-26(16-21-14-24(32)18-25(33)15-21)27(39)19-34-31(12-7-6-8-13-31)23-11-9-10-22(17-23)30(2,3)4/h9-11,14-15,17-18,26-27,34-35,39H,6-8,12-13,16,19H2,1-5H3. The van der Waals surface area contributed by atoms with Gasteiger partial charge < -0.3 is 15.7 Å². The number of aliphatic hydroxyl groups excluding tert-OH is 1. The summed E-state index contributed by atoms with van der Waals surface area (Å²) in [6, 6.07) is 11.0. The maximum absolute atomic E-state index is 14.1. The van der Waals surface area contributed by atoms with E-state index in [1.165, 1.54) is 34.9 Å². The second kappa shape index (κ2) is 12.2. The minimum absolute atomic E-state index is 0.0173. The number of hydrogen-bond donors (Lipinski definition) is 3. The van der Waals surface area contributed by atoms with Gasteiger partial charge in [-0.25, -0.2) is 13.5 Å². The number of nitro groups is 1. The summed E-state index contributed by atoms with van der Waals surface area (Å²) in [6.07, 6.45) is 4.04. The van der Waals surface area contributed by atoms with E-state index in [1.807, 2.05) is 0 Å². The molecule has 3 N–H and O–H groups in total. The van der Waals surface area contributed by atoms with Crippen LogP contribution < -0.4 is 10.6 Å². The highest BCUT2D eigenvalue weighted by atomic mass is 19.1. The van der Waals surface area contributed by atoms with Crippen LogP contribution in [0.25, 0.3) is 0 Å². The molecule has 1 aliphatic rings. The molecule has 2 atom stereocenters. The van der Waals surface area contributed by atoms with Gasteiger partial charge in [0.2, 0.25) is 5.82 Å². The molecule has 1 aliphatic carbocycles. The van der Waals surface area contributed by atoms with Crippen LogP contribution in [0.5, 0.6) is 0 Å². The number of hydrogen-bond acceptors (Lipinski definition) is 6. The van der Waals surface area contributed by atoms with Gasteiger partial charge in [0.25, 0.3) is 0 Å². The Morgan fingerprint density at radius 2 is 1.78 bits per heavy atom. The van der Waals surface area contributed by atoms with Crippen molar-refractivity contribution < 1.29 is 18.8 Å². The number of nitrogens with one attached hydrogen (secondary N) is 2. The van der Waals surface area contributed by atoms with E-state index < -0.39 is 28.7 Å². The van der Waals surface area contributed by atoms with Crippen molar-refractivity contribution in [3.63, 3.8) is 0 Å². The summed E-state index contributed by atoms with van der Waals surface area (Å²) in [5.41, 5.74) is 2.39. The molecule has 2 aromatic carbocycles. The van der Waals surface area contributed by atoms with Crippen LogP contribution in [0.15, 0.2) is 42.5 Å². The second-order valence-electron chi connectivity index (χ2n) is 12.3. The Kier molecular flexibility index (Phi) is 9.13. The number of aliphatic hydroxyl groups is 1. The van der Waals surface area contributed by atoms with Gasteiger partial charge in [-0.2, -0.15) is 5.10 Å². The molecule has 1 saturated carbocycles. The van der Waals surface area contributed by atoms with Crippen molar-refractivity contribution >= 4 is 11.5 Å². The zero-order chi connectivity index (χ0) is 29.9. The number of rotatable bonds is 10. The summed E-state index contributed by atoms with van der Waals surface area (Å²) in [5, 5.41) is 34.3.